The molecule has 0 aliphatic carbocycles. The van der Waals surface area contributed by atoms with Crippen LogP contribution in [0.4, 0.5) is 9.18 Å². The van der Waals surface area contributed by atoms with Gasteiger partial charge in [-0.15, -0.1) is 0 Å². The maximum absolute atomic E-state index is 13.5. The van der Waals surface area contributed by atoms with Crippen molar-refractivity contribution in [3.05, 3.63) is 71.0 Å². The number of nitrogens with one attached hydrogen (secondary N) is 1. The third kappa shape index (κ3) is 6.55. The number of halogens is 1. The summed E-state index contributed by atoms with van der Waals surface area (Å²) < 4.78 is 18.7. The van der Waals surface area contributed by atoms with Gasteiger partial charge in [-0.1, -0.05) is 36.4 Å². The van der Waals surface area contributed by atoms with E-state index in [1.165, 1.54) is 12.1 Å². The Morgan fingerprint density at radius 3 is 2.62 bits per heavy atom. The van der Waals surface area contributed by atoms with Gasteiger partial charge in [-0.05, 0) is 48.6 Å². The highest BCUT2D eigenvalue weighted by Crippen LogP contribution is 2.15. The van der Waals surface area contributed by atoms with Crippen LogP contribution in [0, 0.1) is 12.7 Å². The number of hydrogen-bond donors (Lipinski definition) is 2. The van der Waals surface area contributed by atoms with Gasteiger partial charge in [-0.25, -0.2) is 9.18 Å². The van der Waals surface area contributed by atoms with E-state index in [0.29, 0.717) is 6.42 Å². The molecule has 1 amide bonds. The normalized spacial score (nSPS) is 11.6. The Kier molecular flexibility index (Phi) is 7.14. The minimum absolute atomic E-state index is 0.0992. The lowest BCUT2D eigenvalue weighted by Gasteiger charge is -2.19. The van der Waals surface area contributed by atoms with Gasteiger partial charge in [0.05, 0.1) is 0 Å². The number of alkyl carbamates (subject to hydrolysis) is 1. The van der Waals surface area contributed by atoms with Crippen molar-refractivity contribution in [2.24, 2.45) is 0 Å². The SMILES string of the molecule is Cc1ccc(F)cc1CC(CCC(=O)O)NC(=O)OCc1ccccc1. The summed E-state index contributed by atoms with van der Waals surface area (Å²) in [5.74, 6) is -1.32. The first-order valence-corrected chi connectivity index (χ1v) is 8.38. The second kappa shape index (κ2) is 9.56. The topological polar surface area (TPSA) is 75.6 Å². The van der Waals surface area contributed by atoms with E-state index >= 15 is 0 Å². The van der Waals surface area contributed by atoms with Gasteiger partial charge >= 0.3 is 12.1 Å². The van der Waals surface area contributed by atoms with Crippen LogP contribution < -0.4 is 5.32 Å². The summed E-state index contributed by atoms with van der Waals surface area (Å²) in [4.78, 5) is 22.9. The first kappa shape index (κ1) is 19.4. The summed E-state index contributed by atoms with van der Waals surface area (Å²) in [6.07, 6.45) is -0.167. The van der Waals surface area contributed by atoms with E-state index in [9.17, 15) is 14.0 Å². The smallest absolute Gasteiger partial charge is 0.407 e. The number of hydrogen-bond acceptors (Lipinski definition) is 3. The molecule has 0 aliphatic rings. The maximum Gasteiger partial charge on any atom is 0.407 e. The van der Waals surface area contributed by atoms with Gasteiger partial charge < -0.3 is 15.2 Å². The highest BCUT2D eigenvalue weighted by Gasteiger charge is 2.17. The number of amides is 1. The number of carbonyl (C=O) groups is 2. The molecule has 6 heteroatoms. The molecule has 2 aromatic carbocycles. The molecule has 2 aromatic rings. The quantitative estimate of drug-likeness (QED) is 0.751. The summed E-state index contributed by atoms with van der Waals surface area (Å²) in [7, 11) is 0. The van der Waals surface area contributed by atoms with Crippen LogP contribution in [0.1, 0.15) is 29.5 Å². The lowest BCUT2D eigenvalue weighted by atomic mass is 9.98. The van der Waals surface area contributed by atoms with Gasteiger partial charge in [0.2, 0.25) is 0 Å². The van der Waals surface area contributed by atoms with Crippen molar-refractivity contribution in [1.29, 1.82) is 0 Å². The molecule has 0 heterocycles. The largest absolute Gasteiger partial charge is 0.481 e. The minimum atomic E-state index is -0.953. The molecule has 0 aromatic heterocycles. The molecule has 1 unspecified atom stereocenters. The number of benzene rings is 2. The predicted molar refractivity (Wildman–Crippen MR) is 95.3 cm³/mol. The zero-order valence-electron chi connectivity index (χ0n) is 14.6. The summed E-state index contributed by atoms with van der Waals surface area (Å²) in [6, 6.07) is 13.2. The van der Waals surface area contributed by atoms with Crippen LogP contribution in [0.2, 0.25) is 0 Å². The van der Waals surface area contributed by atoms with E-state index in [-0.39, 0.29) is 25.3 Å². The molecule has 0 fully saturated rings. The molecule has 0 spiro atoms. The Morgan fingerprint density at radius 2 is 1.92 bits per heavy atom. The summed E-state index contributed by atoms with van der Waals surface area (Å²) >= 11 is 0. The Bertz CT molecular complexity index is 749. The van der Waals surface area contributed by atoms with E-state index in [1.54, 1.807) is 6.07 Å². The Morgan fingerprint density at radius 1 is 1.19 bits per heavy atom. The average Bonchev–Trinajstić information content (AvgIpc) is 2.62. The molecule has 5 nitrogen and oxygen atoms in total. The first-order chi connectivity index (χ1) is 12.4. The molecular formula is C20H22FNO4. The Hall–Kier alpha value is -2.89. The van der Waals surface area contributed by atoms with Gasteiger partial charge in [0.15, 0.2) is 0 Å². The first-order valence-electron chi connectivity index (χ1n) is 8.38. The van der Waals surface area contributed by atoms with Gasteiger partial charge in [-0.3, -0.25) is 4.79 Å². The van der Waals surface area contributed by atoms with Gasteiger partial charge in [0, 0.05) is 12.5 Å². The van der Waals surface area contributed by atoms with E-state index in [2.05, 4.69) is 5.32 Å². The zero-order valence-corrected chi connectivity index (χ0v) is 14.6. The molecule has 26 heavy (non-hydrogen) atoms. The minimum Gasteiger partial charge on any atom is -0.481 e. The average molecular weight is 359 g/mol. The predicted octanol–water partition coefficient (Wildman–Crippen LogP) is 3.84. The Balaban J connectivity index is 1.98. The van der Waals surface area contributed by atoms with Crippen molar-refractivity contribution >= 4 is 12.1 Å². The van der Waals surface area contributed by atoms with Gasteiger partial charge in [0.25, 0.3) is 0 Å². The molecule has 0 bridgehead atoms. The molecule has 0 aliphatic heterocycles. The molecule has 138 valence electrons. The Labute approximate surface area is 151 Å². The molecular weight excluding hydrogens is 337 g/mol. The highest BCUT2D eigenvalue weighted by molar-refractivity contribution is 5.68. The summed E-state index contributed by atoms with van der Waals surface area (Å²) in [5.41, 5.74) is 2.46. The van der Waals surface area contributed by atoms with Gasteiger partial charge in [-0.2, -0.15) is 0 Å². The van der Waals surface area contributed by atoms with Crippen LogP contribution >= 0.6 is 0 Å². The molecule has 0 saturated carbocycles. The van der Waals surface area contributed by atoms with Crippen molar-refractivity contribution < 1.29 is 23.8 Å². The van der Waals surface area contributed by atoms with Crippen LogP contribution in [-0.4, -0.2) is 23.2 Å². The number of ether oxygens (including phenoxy) is 1. The van der Waals surface area contributed by atoms with Crippen molar-refractivity contribution in [1.82, 2.24) is 5.32 Å². The number of carbonyl (C=O) groups excluding carboxylic acids is 1. The highest BCUT2D eigenvalue weighted by atomic mass is 19.1. The van der Waals surface area contributed by atoms with Gasteiger partial charge in [0.1, 0.15) is 12.4 Å². The van der Waals surface area contributed by atoms with E-state index in [4.69, 9.17) is 9.84 Å². The number of aryl methyl sites for hydroxylation is 1. The lowest BCUT2D eigenvalue weighted by Crippen LogP contribution is -2.37. The fourth-order valence-electron chi connectivity index (χ4n) is 2.58. The van der Waals surface area contributed by atoms with Crippen molar-refractivity contribution in [2.45, 2.75) is 38.8 Å². The maximum atomic E-state index is 13.5. The molecule has 1 atom stereocenters. The number of carboxylic acid groups (broad SMARTS) is 1. The standard InChI is InChI=1S/C20H22FNO4/c1-14-7-8-17(21)11-16(14)12-18(9-10-19(23)24)22-20(25)26-13-15-5-3-2-4-6-15/h2-8,11,18H,9-10,12-13H2,1H3,(H,22,25)(H,23,24). The van der Waals surface area contributed by atoms with E-state index < -0.39 is 18.1 Å². The van der Waals surface area contributed by atoms with Crippen LogP contribution in [0.25, 0.3) is 0 Å². The third-order valence-electron chi connectivity index (χ3n) is 4.02. The number of carboxylic acids is 1. The summed E-state index contributed by atoms with van der Waals surface area (Å²) in [6.45, 7) is 1.97. The molecule has 2 N–H and O–H groups in total. The fraction of sp³-hybridized carbons (Fsp3) is 0.300. The van der Waals surface area contributed by atoms with Crippen LogP contribution in [0.15, 0.2) is 48.5 Å². The third-order valence-corrected chi connectivity index (χ3v) is 4.02. The van der Waals surface area contributed by atoms with Crippen LogP contribution in [-0.2, 0) is 22.6 Å². The van der Waals surface area contributed by atoms with E-state index in [0.717, 1.165) is 16.7 Å². The monoisotopic (exact) mass is 359 g/mol. The van der Waals surface area contributed by atoms with Crippen molar-refractivity contribution in [2.75, 3.05) is 0 Å². The van der Waals surface area contributed by atoms with E-state index in [1.807, 2.05) is 37.3 Å². The summed E-state index contributed by atoms with van der Waals surface area (Å²) in [5, 5.41) is 11.6. The number of rotatable bonds is 8. The molecule has 0 saturated heterocycles. The fourth-order valence-corrected chi connectivity index (χ4v) is 2.58. The van der Waals surface area contributed by atoms with Crippen molar-refractivity contribution in [3.63, 3.8) is 0 Å². The van der Waals surface area contributed by atoms with Crippen LogP contribution in [0.3, 0.4) is 0 Å². The second-order valence-electron chi connectivity index (χ2n) is 6.11. The van der Waals surface area contributed by atoms with Crippen molar-refractivity contribution in [3.8, 4) is 0 Å². The molecule has 2 rings (SSSR count). The number of aliphatic carboxylic acids is 1. The van der Waals surface area contributed by atoms with Crippen LogP contribution in [0.5, 0.6) is 0 Å². The molecule has 0 radical (unpaired) electrons. The second-order valence-corrected chi connectivity index (χ2v) is 6.11. The zero-order chi connectivity index (χ0) is 18.9. The lowest BCUT2D eigenvalue weighted by molar-refractivity contribution is -0.137.